The molecule has 0 bridgehead atoms. The third-order valence-electron chi connectivity index (χ3n) is 6.07. The van der Waals surface area contributed by atoms with E-state index in [0.29, 0.717) is 11.1 Å². The number of nitrogens with zero attached hydrogens (tertiary/aromatic N) is 3. The maximum atomic E-state index is 13.5. The van der Waals surface area contributed by atoms with E-state index in [1.54, 1.807) is 24.0 Å². The van der Waals surface area contributed by atoms with Crippen molar-refractivity contribution in [3.63, 3.8) is 0 Å². The standard InChI is InChI=1S/C29H22F3N3/c1-21-17-22(19-26(18-21)29(30,31)32)27-33-20-35(34-27)28(23-11-5-2-6-12-23,24-13-7-3-8-14-24)25-15-9-4-10-16-25/h2-20H,1H3. The van der Waals surface area contributed by atoms with Gasteiger partial charge in [-0.15, -0.1) is 5.10 Å². The first kappa shape index (κ1) is 22.6. The molecule has 5 rings (SSSR count). The minimum atomic E-state index is -4.45. The molecule has 6 heteroatoms. The van der Waals surface area contributed by atoms with Crippen molar-refractivity contribution in [1.82, 2.24) is 14.8 Å². The van der Waals surface area contributed by atoms with Crippen molar-refractivity contribution in [2.24, 2.45) is 0 Å². The van der Waals surface area contributed by atoms with E-state index in [4.69, 9.17) is 5.10 Å². The fourth-order valence-corrected chi connectivity index (χ4v) is 4.57. The van der Waals surface area contributed by atoms with E-state index in [0.717, 1.165) is 28.8 Å². The minimum Gasteiger partial charge on any atom is -0.233 e. The summed E-state index contributed by atoms with van der Waals surface area (Å²) in [5.41, 5.74) is 2.07. The number of benzene rings is 4. The van der Waals surface area contributed by atoms with Crippen LogP contribution < -0.4 is 0 Å². The van der Waals surface area contributed by atoms with Crippen molar-refractivity contribution in [1.29, 1.82) is 0 Å². The molecule has 1 aromatic heterocycles. The van der Waals surface area contributed by atoms with Crippen LogP contribution in [0.15, 0.2) is 116 Å². The third kappa shape index (κ3) is 4.12. The maximum Gasteiger partial charge on any atom is 0.416 e. The van der Waals surface area contributed by atoms with Gasteiger partial charge in [-0.1, -0.05) is 91.0 Å². The van der Waals surface area contributed by atoms with Gasteiger partial charge in [0.05, 0.1) is 5.56 Å². The normalized spacial score (nSPS) is 12.0. The predicted octanol–water partition coefficient (Wildman–Crippen LogP) is 7.11. The molecule has 5 aromatic rings. The predicted molar refractivity (Wildman–Crippen MR) is 130 cm³/mol. The van der Waals surface area contributed by atoms with Gasteiger partial charge in [0.25, 0.3) is 0 Å². The zero-order valence-corrected chi connectivity index (χ0v) is 18.9. The molecule has 4 aromatic carbocycles. The molecule has 0 aliphatic rings. The molecular weight excluding hydrogens is 447 g/mol. The van der Waals surface area contributed by atoms with Gasteiger partial charge < -0.3 is 0 Å². The van der Waals surface area contributed by atoms with Crippen LogP contribution in [0.4, 0.5) is 13.2 Å². The van der Waals surface area contributed by atoms with Crippen molar-refractivity contribution in [2.75, 3.05) is 0 Å². The Morgan fingerprint density at radius 2 is 1.11 bits per heavy atom. The zero-order valence-electron chi connectivity index (χ0n) is 18.9. The molecule has 0 spiro atoms. The summed E-state index contributed by atoms with van der Waals surface area (Å²) in [4.78, 5) is 4.48. The first-order valence-corrected chi connectivity index (χ1v) is 11.2. The monoisotopic (exact) mass is 469 g/mol. The van der Waals surface area contributed by atoms with Crippen LogP contribution in [0.1, 0.15) is 27.8 Å². The second-order valence-corrected chi connectivity index (χ2v) is 8.41. The van der Waals surface area contributed by atoms with Crippen molar-refractivity contribution in [2.45, 2.75) is 18.6 Å². The second kappa shape index (κ2) is 8.87. The maximum absolute atomic E-state index is 13.5. The topological polar surface area (TPSA) is 30.7 Å². The summed E-state index contributed by atoms with van der Waals surface area (Å²) in [7, 11) is 0. The first-order chi connectivity index (χ1) is 16.9. The number of hydrogen-bond acceptors (Lipinski definition) is 2. The Bertz CT molecular complexity index is 1330. The molecule has 0 fully saturated rings. The van der Waals surface area contributed by atoms with E-state index in [1.807, 2.05) is 91.0 Å². The van der Waals surface area contributed by atoms with Gasteiger partial charge in [0.2, 0.25) is 0 Å². The summed E-state index contributed by atoms with van der Waals surface area (Å²) in [6, 6.07) is 33.7. The van der Waals surface area contributed by atoms with E-state index in [9.17, 15) is 13.2 Å². The van der Waals surface area contributed by atoms with Gasteiger partial charge in [-0.2, -0.15) is 13.2 Å². The quantitative estimate of drug-likeness (QED) is 0.257. The van der Waals surface area contributed by atoms with Crippen LogP contribution >= 0.6 is 0 Å². The molecule has 174 valence electrons. The van der Waals surface area contributed by atoms with E-state index in [1.165, 1.54) is 0 Å². The number of hydrogen-bond donors (Lipinski definition) is 0. The van der Waals surface area contributed by atoms with E-state index in [2.05, 4.69) is 4.98 Å². The number of aryl methyl sites for hydroxylation is 1. The molecule has 3 nitrogen and oxygen atoms in total. The lowest BCUT2D eigenvalue weighted by Crippen LogP contribution is -2.38. The number of alkyl halides is 3. The van der Waals surface area contributed by atoms with Crippen LogP contribution in [0, 0.1) is 6.92 Å². The summed E-state index contributed by atoms with van der Waals surface area (Å²) in [5, 5.41) is 4.78. The lowest BCUT2D eigenvalue weighted by Gasteiger charge is -2.35. The van der Waals surface area contributed by atoms with Crippen molar-refractivity contribution >= 4 is 0 Å². The Morgan fingerprint density at radius 1 is 0.629 bits per heavy atom. The molecule has 0 saturated carbocycles. The fraction of sp³-hybridized carbons (Fsp3) is 0.103. The van der Waals surface area contributed by atoms with Gasteiger partial charge in [-0.25, -0.2) is 9.67 Å². The molecule has 0 saturated heterocycles. The van der Waals surface area contributed by atoms with Gasteiger partial charge in [0.1, 0.15) is 11.9 Å². The Labute approximate surface area is 201 Å². The minimum absolute atomic E-state index is 0.228. The summed E-state index contributed by atoms with van der Waals surface area (Å²) in [6.45, 7) is 1.64. The molecule has 0 amide bonds. The van der Waals surface area contributed by atoms with Crippen molar-refractivity contribution < 1.29 is 13.2 Å². The van der Waals surface area contributed by atoms with Crippen LogP contribution in [0.5, 0.6) is 0 Å². The molecular formula is C29H22F3N3. The third-order valence-corrected chi connectivity index (χ3v) is 6.07. The Kier molecular flexibility index (Phi) is 5.73. The van der Waals surface area contributed by atoms with Crippen LogP contribution in [0.3, 0.4) is 0 Å². The van der Waals surface area contributed by atoms with Crippen molar-refractivity contribution in [3.05, 3.63) is 143 Å². The average molecular weight is 470 g/mol. The summed E-state index contributed by atoms with van der Waals surface area (Å²) in [5.74, 6) is 0.228. The van der Waals surface area contributed by atoms with Gasteiger partial charge >= 0.3 is 6.18 Å². The van der Waals surface area contributed by atoms with Crippen LogP contribution in [0.25, 0.3) is 11.4 Å². The Morgan fingerprint density at radius 3 is 1.57 bits per heavy atom. The summed E-state index contributed by atoms with van der Waals surface area (Å²) in [6.07, 6.45) is -2.86. The molecule has 0 N–H and O–H groups in total. The molecule has 0 radical (unpaired) electrons. The highest BCUT2D eigenvalue weighted by Gasteiger charge is 2.40. The number of halogens is 3. The van der Waals surface area contributed by atoms with Gasteiger partial charge in [0.15, 0.2) is 5.82 Å². The SMILES string of the molecule is Cc1cc(-c2ncn(C(c3ccccc3)(c3ccccc3)c3ccccc3)n2)cc(C(F)(F)F)c1. The first-order valence-electron chi connectivity index (χ1n) is 11.2. The van der Waals surface area contributed by atoms with Crippen LogP contribution in [-0.2, 0) is 11.7 Å². The highest BCUT2D eigenvalue weighted by molar-refractivity contribution is 5.58. The molecule has 1 heterocycles. The summed E-state index contributed by atoms with van der Waals surface area (Å²) >= 11 is 0. The van der Waals surface area contributed by atoms with Crippen molar-refractivity contribution in [3.8, 4) is 11.4 Å². The molecule has 0 aliphatic heterocycles. The molecule has 35 heavy (non-hydrogen) atoms. The van der Waals surface area contributed by atoms with Gasteiger partial charge in [-0.3, -0.25) is 0 Å². The van der Waals surface area contributed by atoms with Gasteiger partial charge in [-0.05, 0) is 47.4 Å². The lowest BCUT2D eigenvalue weighted by molar-refractivity contribution is -0.137. The molecule has 0 atom stereocenters. The molecule has 0 unspecified atom stereocenters. The number of aromatic nitrogens is 3. The smallest absolute Gasteiger partial charge is 0.233 e. The van der Waals surface area contributed by atoms with Gasteiger partial charge in [0, 0.05) is 5.56 Å². The highest BCUT2D eigenvalue weighted by atomic mass is 19.4. The Hall–Kier alpha value is -4.19. The Balaban J connectivity index is 1.77. The average Bonchev–Trinajstić information content (AvgIpc) is 3.36. The largest absolute Gasteiger partial charge is 0.416 e. The summed E-state index contributed by atoms with van der Waals surface area (Å²) < 4.78 is 42.2. The van der Waals surface area contributed by atoms with Crippen LogP contribution in [0.2, 0.25) is 0 Å². The van der Waals surface area contributed by atoms with Crippen LogP contribution in [-0.4, -0.2) is 14.8 Å². The fourth-order valence-electron chi connectivity index (χ4n) is 4.57. The van der Waals surface area contributed by atoms with E-state index in [-0.39, 0.29) is 5.82 Å². The van der Waals surface area contributed by atoms with E-state index >= 15 is 0 Å². The number of rotatable bonds is 5. The highest BCUT2D eigenvalue weighted by Crippen LogP contribution is 2.40. The molecule has 0 aliphatic carbocycles. The van der Waals surface area contributed by atoms with E-state index < -0.39 is 17.3 Å². The lowest BCUT2D eigenvalue weighted by atomic mass is 9.77. The zero-order chi connectivity index (χ0) is 24.5. The second-order valence-electron chi connectivity index (χ2n) is 8.41.